The molecule has 2 aliphatic heterocycles. The Morgan fingerprint density at radius 2 is 1.61 bits per heavy atom. The Labute approximate surface area is 292 Å². The number of aromatic nitrogens is 2. The molecule has 0 aliphatic carbocycles. The molecule has 3 heterocycles. The molecule has 9 heteroatoms. The average molecular weight is 530 g/mol. The van der Waals surface area contributed by atoms with Gasteiger partial charge in [-0.3, -0.25) is 0 Å². The minimum absolute atomic E-state index is 0. The Balaban J connectivity index is -0.0000000796. The van der Waals surface area contributed by atoms with Crippen molar-refractivity contribution in [3.8, 4) is 0 Å². The second kappa shape index (κ2) is 25.2. The van der Waals surface area contributed by atoms with Gasteiger partial charge in [0.15, 0.2) is 0 Å². The van der Waals surface area contributed by atoms with Crippen molar-refractivity contribution in [2.45, 2.75) is 65.8 Å². The van der Waals surface area contributed by atoms with Crippen molar-refractivity contribution in [1.82, 2.24) is 14.4 Å². The zero-order valence-electron chi connectivity index (χ0n) is 22.0. The van der Waals surface area contributed by atoms with Gasteiger partial charge in [-0.25, -0.2) is 9.13 Å². The fraction of sp³-hybridized carbons (Fsp3) is 0.682. The summed E-state index contributed by atoms with van der Waals surface area (Å²) in [5.74, 6) is 2.41. The molecule has 0 atom stereocenters. The Hall–Kier alpha value is 2.10. The van der Waals surface area contributed by atoms with Crippen LogP contribution < -0.4 is 132 Å². The van der Waals surface area contributed by atoms with Gasteiger partial charge in [0.25, 0.3) is 5.82 Å². The fourth-order valence-electron chi connectivity index (χ4n) is 2.76. The van der Waals surface area contributed by atoms with E-state index in [0.717, 1.165) is 32.1 Å². The van der Waals surface area contributed by atoms with Crippen LogP contribution in [-0.2, 0) is 18.3 Å². The first-order valence-electron chi connectivity index (χ1n) is 10.5. The minimum Gasteiger partial charge on any atom is -1.00 e. The van der Waals surface area contributed by atoms with Gasteiger partial charge in [-0.15, -0.1) is 0 Å². The number of ether oxygens (including phenoxy) is 1. The molecule has 0 N–H and O–H groups in total. The van der Waals surface area contributed by atoms with Gasteiger partial charge >= 0.3 is 103 Å². The molecule has 0 aromatic carbocycles. The topological polar surface area (TPSA) is 24.5 Å². The van der Waals surface area contributed by atoms with Crippen LogP contribution in [0.1, 0.15) is 61.1 Å². The van der Waals surface area contributed by atoms with E-state index < -0.39 is 0 Å². The summed E-state index contributed by atoms with van der Waals surface area (Å²) in [6.07, 6.45) is 15.9. The number of rotatable bonds is 6. The van der Waals surface area contributed by atoms with E-state index in [1.54, 1.807) is 0 Å². The largest absolute Gasteiger partial charge is 1.00 e. The van der Waals surface area contributed by atoms with Crippen molar-refractivity contribution in [3.63, 3.8) is 0 Å². The Morgan fingerprint density at radius 3 is 1.97 bits per heavy atom. The van der Waals surface area contributed by atoms with Crippen LogP contribution in [0.3, 0.4) is 0 Å². The predicted octanol–water partition coefficient (Wildman–Crippen LogP) is -7.43. The first kappa shape index (κ1) is 40.3. The summed E-state index contributed by atoms with van der Waals surface area (Å²) < 4.78 is 9.39. The number of hydrogen-bond acceptors (Lipinski definition) is 3. The van der Waals surface area contributed by atoms with Gasteiger partial charge in [-0.2, -0.15) is 0 Å². The van der Waals surface area contributed by atoms with E-state index in [4.69, 9.17) is 4.74 Å². The van der Waals surface area contributed by atoms with E-state index >= 15 is 0 Å². The quantitative estimate of drug-likeness (QED) is 0.271. The molecule has 0 spiro atoms. The SMILES string of the molecule is C1CCOC1.C=C1N(C)C=CN1CCCC.CCCCn1cc[n+](C)c1C.[Cl-].[Cl-].[H-].[HH].[K+].[K+]. The molecule has 1 aromatic heterocycles. The molecule has 3 rings (SSSR count). The van der Waals surface area contributed by atoms with Crippen LogP contribution >= 0.6 is 0 Å². The maximum Gasteiger partial charge on any atom is 1.00 e. The predicted molar refractivity (Wildman–Crippen MR) is 116 cm³/mol. The molecule has 31 heavy (non-hydrogen) atoms. The molecule has 1 aromatic rings. The van der Waals surface area contributed by atoms with Crippen LogP contribution in [0.2, 0.25) is 0 Å². The van der Waals surface area contributed by atoms with Crippen molar-refractivity contribution in [1.29, 1.82) is 0 Å². The number of imidazole rings is 1. The van der Waals surface area contributed by atoms with Gasteiger partial charge in [0, 0.05) is 47.6 Å². The molecule has 0 saturated carbocycles. The van der Waals surface area contributed by atoms with Crippen molar-refractivity contribution in [2.24, 2.45) is 7.05 Å². The van der Waals surface area contributed by atoms with Crippen LogP contribution in [0.25, 0.3) is 0 Å². The molecular weight excluding hydrogens is 485 g/mol. The third-order valence-electron chi connectivity index (χ3n) is 4.94. The summed E-state index contributed by atoms with van der Waals surface area (Å²) in [5, 5.41) is 0. The van der Waals surface area contributed by atoms with Crippen LogP contribution in [0.15, 0.2) is 37.2 Å². The Kier molecular flexibility index (Phi) is 32.7. The van der Waals surface area contributed by atoms with E-state index in [1.807, 2.05) is 18.1 Å². The number of halogens is 2. The Bertz CT molecular complexity index is 585. The molecule has 0 bridgehead atoms. The molecule has 0 unspecified atom stereocenters. The van der Waals surface area contributed by atoms with Crippen molar-refractivity contribution < 1.29 is 140 Å². The third kappa shape index (κ3) is 17.2. The molecule has 2 aliphatic rings. The van der Waals surface area contributed by atoms with E-state index in [0.29, 0.717) is 0 Å². The van der Waals surface area contributed by atoms with Crippen molar-refractivity contribution in [2.75, 3.05) is 26.8 Å². The summed E-state index contributed by atoms with van der Waals surface area (Å²) in [7, 11) is 4.10. The maximum absolute atomic E-state index is 4.94. The van der Waals surface area contributed by atoms with Crippen LogP contribution in [-0.4, -0.2) is 41.2 Å². The minimum atomic E-state index is 0. The average Bonchev–Trinajstić information content (AvgIpc) is 3.41. The fourth-order valence-corrected chi connectivity index (χ4v) is 2.76. The molecule has 5 nitrogen and oxygen atoms in total. The van der Waals surface area contributed by atoms with Crippen molar-refractivity contribution in [3.05, 3.63) is 43.0 Å². The maximum atomic E-state index is 4.94. The normalized spacial score (nSPS) is 13.5. The monoisotopic (exact) mass is 528 g/mol. The number of unbranched alkanes of at least 4 members (excludes halogenated alkanes) is 2. The summed E-state index contributed by atoms with van der Waals surface area (Å²) in [5.41, 5.74) is 0. The van der Waals surface area contributed by atoms with Gasteiger partial charge in [-0.05, 0) is 25.7 Å². The van der Waals surface area contributed by atoms with Crippen LogP contribution in [0, 0.1) is 6.92 Å². The summed E-state index contributed by atoms with van der Waals surface area (Å²) >= 11 is 0. The summed E-state index contributed by atoms with van der Waals surface area (Å²) in [6.45, 7) is 14.8. The number of nitrogens with zero attached hydrogens (tertiary/aromatic N) is 4. The summed E-state index contributed by atoms with van der Waals surface area (Å²) in [6, 6.07) is 0. The molecule has 0 amide bonds. The molecule has 1 saturated heterocycles. The summed E-state index contributed by atoms with van der Waals surface area (Å²) in [4.78, 5) is 4.22. The third-order valence-corrected chi connectivity index (χ3v) is 4.94. The van der Waals surface area contributed by atoms with E-state index in [9.17, 15) is 0 Å². The second-order valence-corrected chi connectivity index (χ2v) is 7.19. The van der Waals surface area contributed by atoms with E-state index in [2.05, 4.69) is 67.0 Å². The second-order valence-electron chi connectivity index (χ2n) is 7.19. The van der Waals surface area contributed by atoms with E-state index in [-0.39, 0.29) is 130 Å². The standard InChI is InChI=1S/C9H17N2.C9H16N2.C4H8O.2ClH.2K.H2.H/c2*1-4-5-6-11-8-7-10(3)9(11)2;1-2-4-5-3-1;;;;;;/h7-8H,4-6H2,1-3H3;7-8H,2,4-6H2,1,3H3;1-4H2;2*1H;;;1H;/q+1;;;;;2*+1;;-1/p-2. The van der Waals surface area contributed by atoms with Gasteiger partial charge in [-0.1, -0.05) is 33.3 Å². The van der Waals surface area contributed by atoms with E-state index in [1.165, 1.54) is 44.3 Å². The van der Waals surface area contributed by atoms with Crippen LogP contribution in [0.5, 0.6) is 0 Å². The zero-order valence-corrected chi connectivity index (χ0v) is 28.8. The van der Waals surface area contributed by atoms with Crippen molar-refractivity contribution >= 4 is 0 Å². The van der Waals surface area contributed by atoms with Gasteiger partial charge in [0.1, 0.15) is 18.2 Å². The molecular formula is C22H44Cl2K2N4O. The van der Waals surface area contributed by atoms with Gasteiger partial charge < -0.3 is 40.8 Å². The zero-order chi connectivity index (χ0) is 20.1. The molecule has 1 fully saturated rings. The smallest absolute Gasteiger partial charge is 1.00 e. The first-order chi connectivity index (χ1) is 13.0. The molecule has 0 radical (unpaired) electrons. The number of hydrogen-bond donors (Lipinski definition) is 0. The van der Waals surface area contributed by atoms with Gasteiger partial charge in [0.2, 0.25) is 0 Å². The Morgan fingerprint density at radius 1 is 1.06 bits per heavy atom. The number of aryl methyl sites for hydroxylation is 2. The van der Waals surface area contributed by atoms with Gasteiger partial charge in [0.05, 0.1) is 13.6 Å². The first-order valence-corrected chi connectivity index (χ1v) is 10.5. The molecule has 174 valence electrons. The van der Waals surface area contributed by atoms with Crippen LogP contribution in [0.4, 0.5) is 0 Å².